The van der Waals surface area contributed by atoms with Gasteiger partial charge in [0.05, 0.1) is 23.4 Å². The third kappa shape index (κ3) is 6.93. The molecule has 1 aromatic heterocycles. The molecule has 0 aliphatic rings. The Morgan fingerprint density at radius 1 is 1.14 bits per heavy atom. The highest BCUT2D eigenvalue weighted by molar-refractivity contribution is 7.89. The molecule has 0 unspecified atom stereocenters. The minimum atomic E-state index is -3.61. The first-order valence-corrected chi connectivity index (χ1v) is 13.3. The van der Waals surface area contributed by atoms with Crippen LogP contribution in [-0.2, 0) is 14.8 Å². The number of nitrogens with zero attached hydrogens (tertiary/aromatic N) is 1. The Labute approximate surface area is 209 Å². The third-order valence-corrected chi connectivity index (χ3v) is 7.27. The molecule has 3 rings (SSSR count). The monoisotopic (exact) mass is 518 g/mol. The first-order valence-electron chi connectivity index (χ1n) is 11.0. The Hall–Kier alpha value is -3.15. The van der Waals surface area contributed by atoms with Crippen LogP contribution in [-0.4, -0.2) is 46.6 Å². The maximum atomic E-state index is 12.6. The zero-order chi connectivity index (χ0) is 25.6. The number of aromatic nitrogens is 1. The van der Waals surface area contributed by atoms with Gasteiger partial charge < -0.3 is 20.1 Å². The fourth-order valence-corrected chi connectivity index (χ4v) is 5.11. The van der Waals surface area contributed by atoms with Gasteiger partial charge in [-0.15, -0.1) is 11.3 Å². The molecular weight excluding hydrogens is 488 g/mol. The summed E-state index contributed by atoms with van der Waals surface area (Å²) in [6.45, 7) is 5.69. The molecule has 0 saturated heterocycles. The van der Waals surface area contributed by atoms with Gasteiger partial charge in [-0.2, -0.15) is 0 Å². The highest BCUT2D eigenvalue weighted by atomic mass is 32.2. The summed E-state index contributed by atoms with van der Waals surface area (Å²) in [6.07, 6.45) is 0. The summed E-state index contributed by atoms with van der Waals surface area (Å²) in [6, 6.07) is 9.96. The van der Waals surface area contributed by atoms with Crippen LogP contribution in [0, 0.1) is 12.8 Å². The molecule has 1 heterocycles. The normalized spacial score (nSPS) is 11.4. The lowest BCUT2D eigenvalue weighted by Gasteiger charge is -2.14. The van der Waals surface area contributed by atoms with Crippen LogP contribution >= 0.6 is 11.3 Å². The van der Waals surface area contributed by atoms with Gasteiger partial charge in [0.2, 0.25) is 10.0 Å². The first kappa shape index (κ1) is 26.5. The summed E-state index contributed by atoms with van der Waals surface area (Å²) in [5.41, 5.74) is 2.71. The summed E-state index contributed by atoms with van der Waals surface area (Å²) in [4.78, 5) is 17.3. The second-order valence-electron chi connectivity index (χ2n) is 8.21. The molecule has 0 aliphatic carbocycles. The number of carbonyl (C=O) groups excluding carboxylic acids is 1. The Morgan fingerprint density at radius 2 is 1.89 bits per heavy atom. The van der Waals surface area contributed by atoms with Gasteiger partial charge in [0, 0.05) is 24.5 Å². The van der Waals surface area contributed by atoms with Crippen molar-refractivity contribution in [3.63, 3.8) is 0 Å². The number of rotatable bonds is 11. The second-order valence-corrected chi connectivity index (χ2v) is 10.8. The molecule has 35 heavy (non-hydrogen) atoms. The topological polar surface area (TPSA) is 119 Å². The number of aryl methyl sites for hydroxylation is 1. The van der Waals surface area contributed by atoms with E-state index in [1.807, 2.05) is 25.3 Å². The van der Waals surface area contributed by atoms with Crippen molar-refractivity contribution >= 4 is 38.1 Å². The summed E-state index contributed by atoms with van der Waals surface area (Å²) in [5.74, 6) is 0.736. The van der Waals surface area contributed by atoms with Gasteiger partial charge in [0.25, 0.3) is 5.91 Å². The van der Waals surface area contributed by atoms with Crippen molar-refractivity contribution in [3.05, 3.63) is 47.3 Å². The molecule has 0 aliphatic heterocycles. The van der Waals surface area contributed by atoms with E-state index in [4.69, 9.17) is 9.47 Å². The van der Waals surface area contributed by atoms with Crippen molar-refractivity contribution in [2.75, 3.05) is 37.9 Å². The molecule has 3 N–H and O–H groups in total. The number of methoxy groups -OCH3 is 1. The maximum absolute atomic E-state index is 12.6. The Morgan fingerprint density at radius 3 is 2.51 bits per heavy atom. The average Bonchev–Trinajstić information content (AvgIpc) is 3.31. The quantitative estimate of drug-likeness (QED) is 0.349. The fourth-order valence-electron chi connectivity index (χ4n) is 3.13. The minimum absolute atomic E-state index is 0.150. The number of hydrogen-bond donors (Lipinski definition) is 3. The molecule has 0 bridgehead atoms. The molecule has 0 atom stereocenters. The number of hydrogen-bond acceptors (Lipinski definition) is 8. The van der Waals surface area contributed by atoms with Gasteiger partial charge in [-0.05, 0) is 54.8 Å². The van der Waals surface area contributed by atoms with Gasteiger partial charge in [-0.25, -0.2) is 18.1 Å². The Kier molecular flexibility index (Phi) is 8.71. The van der Waals surface area contributed by atoms with Gasteiger partial charge in [-0.3, -0.25) is 4.79 Å². The predicted octanol–water partition coefficient (Wildman–Crippen LogP) is 4.12. The number of ether oxygens (including phenoxy) is 2. The van der Waals surface area contributed by atoms with E-state index in [0.717, 1.165) is 16.4 Å². The molecule has 0 fully saturated rings. The largest absolute Gasteiger partial charge is 0.495 e. The number of amides is 1. The van der Waals surface area contributed by atoms with Gasteiger partial charge in [-0.1, -0.05) is 13.8 Å². The smallest absolute Gasteiger partial charge is 0.262 e. The molecule has 9 nitrogen and oxygen atoms in total. The molecule has 11 heteroatoms. The lowest BCUT2D eigenvalue weighted by molar-refractivity contribution is -0.118. The van der Waals surface area contributed by atoms with Crippen LogP contribution in [0.25, 0.3) is 11.3 Å². The van der Waals surface area contributed by atoms with Crippen molar-refractivity contribution in [1.29, 1.82) is 0 Å². The highest BCUT2D eigenvalue weighted by Crippen LogP contribution is 2.32. The van der Waals surface area contributed by atoms with Crippen LogP contribution in [0.2, 0.25) is 0 Å². The summed E-state index contributed by atoms with van der Waals surface area (Å²) in [7, 11) is -0.277. The van der Waals surface area contributed by atoms with Crippen molar-refractivity contribution in [2.24, 2.45) is 5.92 Å². The van der Waals surface area contributed by atoms with Crippen LogP contribution in [0.4, 0.5) is 10.8 Å². The number of nitrogens with one attached hydrogen (secondary N) is 3. The molecule has 3 aromatic rings. The Balaban J connectivity index is 1.67. The standard InChI is InChI=1S/C24H30N4O5S2/c1-15(2)12-26-35(30,31)18-7-9-21(16(3)10-18)33-13-23(29)27-19-11-17(6-8-22(19)32-5)20-14-34-24(25-4)28-20/h6-11,14-15,26H,12-13H2,1-5H3,(H,25,28)(H,27,29). The first-order chi connectivity index (χ1) is 16.6. The van der Waals surface area contributed by atoms with Crippen LogP contribution in [0.15, 0.2) is 46.7 Å². The number of sulfonamides is 1. The van der Waals surface area contributed by atoms with E-state index in [1.165, 1.54) is 30.6 Å². The summed E-state index contributed by atoms with van der Waals surface area (Å²) < 4.78 is 38.5. The molecule has 1 amide bonds. The highest BCUT2D eigenvalue weighted by Gasteiger charge is 2.17. The summed E-state index contributed by atoms with van der Waals surface area (Å²) >= 11 is 1.48. The zero-order valence-corrected chi connectivity index (χ0v) is 22.0. The van der Waals surface area contributed by atoms with Crippen molar-refractivity contribution in [1.82, 2.24) is 9.71 Å². The van der Waals surface area contributed by atoms with Crippen molar-refractivity contribution in [3.8, 4) is 22.8 Å². The molecule has 0 spiro atoms. The van der Waals surface area contributed by atoms with Crippen LogP contribution in [0.5, 0.6) is 11.5 Å². The predicted molar refractivity (Wildman–Crippen MR) is 139 cm³/mol. The summed E-state index contributed by atoms with van der Waals surface area (Å²) in [5, 5.41) is 8.53. The number of anilines is 2. The van der Waals surface area contributed by atoms with Crippen molar-refractivity contribution < 1.29 is 22.7 Å². The van der Waals surface area contributed by atoms with Gasteiger partial charge in [0.15, 0.2) is 11.7 Å². The third-order valence-electron chi connectivity index (χ3n) is 4.98. The van der Waals surface area contributed by atoms with E-state index in [2.05, 4.69) is 20.3 Å². The SMILES string of the molecule is CNc1nc(-c2ccc(OC)c(NC(=O)COc3ccc(S(=O)(=O)NCC(C)C)cc3C)c2)cs1. The molecule has 0 radical (unpaired) electrons. The molecular formula is C24H30N4O5S2. The van der Waals surface area contributed by atoms with E-state index in [9.17, 15) is 13.2 Å². The van der Waals surface area contributed by atoms with Gasteiger partial charge >= 0.3 is 0 Å². The van der Waals surface area contributed by atoms with E-state index < -0.39 is 10.0 Å². The van der Waals surface area contributed by atoms with Crippen LogP contribution in [0.3, 0.4) is 0 Å². The molecule has 2 aromatic carbocycles. The number of thiazole rings is 1. The Bertz CT molecular complexity index is 1290. The number of benzene rings is 2. The second kappa shape index (κ2) is 11.5. The van der Waals surface area contributed by atoms with E-state index in [1.54, 1.807) is 32.2 Å². The lowest BCUT2D eigenvalue weighted by atomic mass is 10.1. The van der Waals surface area contributed by atoms with Crippen LogP contribution in [0.1, 0.15) is 19.4 Å². The van der Waals surface area contributed by atoms with E-state index in [-0.39, 0.29) is 23.3 Å². The van der Waals surface area contributed by atoms with E-state index in [0.29, 0.717) is 29.3 Å². The maximum Gasteiger partial charge on any atom is 0.262 e. The van der Waals surface area contributed by atoms with Crippen molar-refractivity contribution in [2.45, 2.75) is 25.7 Å². The average molecular weight is 519 g/mol. The van der Waals surface area contributed by atoms with Gasteiger partial charge in [0.1, 0.15) is 11.5 Å². The molecule has 0 saturated carbocycles. The zero-order valence-electron chi connectivity index (χ0n) is 20.3. The van der Waals surface area contributed by atoms with Crippen LogP contribution < -0.4 is 24.8 Å². The van der Waals surface area contributed by atoms with E-state index >= 15 is 0 Å². The lowest BCUT2D eigenvalue weighted by Crippen LogP contribution is -2.27. The minimum Gasteiger partial charge on any atom is -0.495 e. The fraction of sp³-hybridized carbons (Fsp3) is 0.333. The number of carbonyl (C=O) groups is 1. The molecule has 188 valence electrons.